The molecule has 0 spiro atoms. The van der Waals surface area contributed by atoms with Gasteiger partial charge in [0.2, 0.25) is 12.7 Å². The van der Waals surface area contributed by atoms with Gasteiger partial charge in [0, 0.05) is 18.8 Å². The van der Waals surface area contributed by atoms with Gasteiger partial charge in [0.1, 0.15) is 0 Å². The Morgan fingerprint density at radius 2 is 2.08 bits per heavy atom. The molecular formula is C18H20N2O4. The summed E-state index contributed by atoms with van der Waals surface area (Å²) < 4.78 is 16.1. The largest absolute Gasteiger partial charge is 0.475 e. The second kappa shape index (κ2) is 7.21. The minimum absolute atomic E-state index is 0.0545. The predicted octanol–water partition coefficient (Wildman–Crippen LogP) is 2.57. The van der Waals surface area contributed by atoms with Gasteiger partial charge in [0.25, 0.3) is 5.91 Å². The van der Waals surface area contributed by atoms with Crippen molar-refractivity contribution in [3.05, 3.63) is 47.7 Å². The van der Waals surface area contributed by atoms with E-state index in [0.717, 1.165) is 17.1 Å². The third kappa shape index (κ3) is 3.95. The second-order valence-electron chi connectivity index (χ2n) is 5.75. The second-order valence-corrected chi connectivity index (χ2v) is 5.75. The number of carbonyl (C=O) groups excluding carboxylic acids is 1. The summed E-state index contributed by atoms with van der Waals surface area (Å²) in [6.07, 6.45) is 2.29. The number of pyridine rings is 1. The van der Waals surface area contributed by atoms with E-state index in [0.29, 0.717) is 24.4 Å². The van der Waals surface area contributed by atoms with Crippen LogP contribution in [0, 0.1) is 0 Å². The van der Waals surface area contributed by atoms with Crippen molar-refractivity contribution in [1.82, 2.24) is 10.3 Å². The molecule has 1 N–H and O–H groups in total. The van der Waals surface area contributed by atoms with Gasteiger partial charge in [-0.1, -0.05) is 6.07 Å². The molecule has 24 heavy (non-hydrogen) atoms. The fraction of sp³-hybridized carbons (Fsp3) is 0.333. The molecule has 0 bridgehead atoms. The van der Waals surface area contributed by atoms with E-state index in [4.69, 9.17) is 14.2 Å². The number of ether oxygens (including phenoxy) is 3. The zero-order valence-electron chi connectivity index (χ0n) is 13.7. The maximum Gasteiger partial charge on any atom is 0.252 e. The Morgan fingerprint density at radius 1 is 1.25 bits per heavy atom. The molecular weight excluding hydrogens is 308 g/mol. The molecule has 126 valence electrons. The summed E-state index contributed by atoms with van der Waals surface area (Å²) in [5.74, 6) is 1.88. The number of nitrogens with zero attached hydrogens (tertiary/aromatic N) is 1. The van der Waals surface area contributed by atoms with Gasteiger partial charge in [-0.3, -0.25) is 4.79 Å². The van der Waals surface area contributed by atoms with Crippen molar-refractivity contribution >= 4 is 5.91 Å². The zero-order valence-corrected chi connectivity index (χ0v) is 13.7. The number of carbonyl (C=O) groups is 1. The van der Waals surface area contributed by atoms with Crippen LogP contribution in [-0.4, -0.2) is 30.3 Å². The molecule has 1 aromatic heterocycles. The zero-order chi connectivity index (χ0) is 16.9. The van der Waals surface area contributed by atoms with E-state index in [2.05, 4.69) is 10.3 Å². The van der Waals surface area contributed by atoms with Crippen molar-refractivity contribution < 1.29 is 19.0 Å². The molecule has 0 saturated carbocycles. The van der Waals surface area contributed by atoms with Crippen LogP contribution in [0.25, 0.3) is 0 Å². The minimum Gasteiger partial charge on any atom is -0.475 e. The highest BCUT2D eigenvalue weighted by Gasteiger charge is 2.13. The summed E-state index contributed by atoms with van der Waals surface area (Å²) in [6, 6.07) is 9.21. The van der Waals surface area contributed by atoms with E-state index in [1.54, 1.807) is 12.1 Å². The molecule has 0 radical (unpaired) electrons. The van der Waals surface area contributed by atoms with Crippen LogP contribution in [0.4, 0.5) is 0 Å². The first-order valence-electron chi connectivity index (χ1n) is 7.91. The van der Waals surface area contributed by atoms with Crippen LogP contribution >= 0.6 is 0 Å². The van der Waals surface area contributed by atoms with Gasteiger partial charge in [-0.15, -0.1) is 0 Å². The fourth-order valence-corrected chi connectivity index (χ4v) is 2.34. The topological polar surface area (TPSA) is 69.7 Å². The Kier molecular flexibility index (Phi) is 4.84. The van der Waals surface area contributed by atoms with Gasteiger partial charge < -0.3 is 19.5 Å². The lowest BCUT2D eigenvalue weighted by atomic mass is 10.1. The summed E-state index contributed by atoms with van der Waals surface area (Å²) in [4.78, 5) is 16.3. The smallest absolute Gasteiger partial charge is 0.252 e. The quantitative estimate of drug-likeness (QED) is 0.882. The van der Waals surface area contributed by atoms with Crippen molar-refractivity contribution in [2.75, 3.05) is 13.3 Å². The third-order valence-electron chi connectivity index (χ3n) is 3.49. The molecule has 0 aliphatic carbocycles. The van der Waals surface area contributed by atoms with Crippen molar-refractivity contribution in [3.63, 3.8) is 0 Å². The Balaban J connectivity index is 1.50. The lowest BCUT2D eigenvalue weighted by molar-refractivity contribution is 0.0953. The number of benzene rings is 1. The van der Waals surface area contributed by atoms with Gasteiger partial charge in [-0.05, 0) is 44.0 Å². The fourth-order valence-electron chi connectivity index (χ4n) is 2.34. The number of aromatic nitrogens is 1. The van der Waals surface area contributed by atoms with Gasteiger partial charge in [0.15, 0.2) is 11.5 Å². The monoisotopic (exact) mass is 328 g/mol. The molecule has 0 saturated heterocycles. The highest BCUT2D eigenvalue weighted by Crippen LogP contribution is 2.32. The molecule has 1 aromatic carbocycles. The summed E-state index contributed by atoms with van der Waals surface area (Å²) >= 11 is 0. The lowest BCUT2D eigenvalue weighted by Crippen LogP contribution is -2.25. The highest BCUT2D eigenvalue weighted by atomic mass is 16.7. The van der Waals surface area contributed by atoms with E-state index in [1.165, 1.54) is 6.20 Å². The van der Waals surface area contributed by atoms with Gasteiger partial charge in [0.05, 0.1) is 11.7 Å². The molecule has 0 fully saturated rings. The van der Waals surface area contributed by atoms with Crippen LogP contribution in [0.3, 0.4) is 0 Å². The van der Waals surface area contributed by atoms with Crippen LogP contribution in [0.15, 0.2) is 36.5 Å². The standard InChI is InChI=1S/C18H20N2O4/c1-12(2)24-17-6-4-14(10-20-17)18(21)19-8-7-13-3-5-15-16(9-13)23-11-22-15/h3-6,9-10,12H,7-8,11H2,1-2H3,(H,19,21). The summed E-state index contributed by atoms with van der Waals surface area (Å²) in [5.41, 5.74) is 1.59. The first kappa shape index (κ1) is 16.1. The maximum absolute atomic E-state index is 12.1. The number of rotatable bonds is 6. The number of hydrogen-bond donors (Lipinski definition) is 1. The van der Waals surface area contributed by atoms with E-state index in [1.807, 2.05) is 32.0 Å². The van der Waals surface area contributed by atoms with Crippen LogP contribution in [0.5, 0.6) is 17.4 Å². The molecule has 1 amide bonds. The van der Waals surface area contributed by atoms with Crippen LogP contribution in [-0.2, 0) is 6.42 Å². The summed E-state index contributed by atoms with van der Waals surface area (Å²) in [6.45, 7) is 4.65. The average Bonchev–Trinajstić information content (AvgIpc) is 3.02. The SMILES string of the molecule is CC(C)Oc1ccc(C(=O)NCCc2ccc3c(c2)OCO3)cn1. The van der Waals surface area contributed by atoms with E-state index >= 15 is 0 Å². The lowest BCUT2D eigenvalue weighted by Gasteiger charge is -2.09. The maximum atomic E-state index is 12.1. The van der Waals surface area contributed by atoms with Gasteiger partial charge >= 0.3 is 0 Å². The van der Waals surface area contributed by atoms with Crippen molar-refractivity contribution in [2.45, 2.75) is 26.4 Å². The minimum atomic E-state index is -0.153. The van der Waals surface area contributed by atoms with Crippen molar-refractivity contribution in [1.29, 1.82) is 0 Å². The Morgan fingerprint density at radius 3 is 2.83 bits per heavy atom. The number of hydrogen-bond acceptors (Lipinski definition) is 5. The van der Waals surface area contributed by atoms with Crippen molar-refractivity contribution in [2.24, 2.45) is 0 Å². The Labute approximate surface area is 140 Å². The van der Waals surface area contributed by atoms with Crippen LogP contribution in [0.1, 0.15) is 29.8 Å². The Hall–Kier alpha value is -2.76. The number of fused-ring (bicyclic) bond motifs is 1. The normalized spacial score (nSPS) is 12.3. The molecule has 2 heterocycles. The molecule has 0 unspecified atom stereocenters. The van der Waals surface area contributed by atoms with Gasteiger partial charge in [-0.2, -0.15) is 0 Å². The first-order chi connectivity index (χ1) is 11.6. The average molecular weight is 328 g/mol. The van der Waals surface area contributed by atoms with Crippen LogP contribution in [0.2, 0.25) is 0 Å². The van der Waals surface area contributed by atoms with Crippen molar-refractivity contribution in [3.8, 4) is 17.4 Å². The summed E-state index contributed by atoms with van der Waals surface area (Å²) in [5, 5.41) is 2.88. The molecule has 6 heteroatoms. The molecule has 6 nitrogen and oxygen atoms in total. The number of amides is 1. The summed E-state index contributed by atoms with van der Waals surface area (Å²) in [7, 11) is 0. The van der Waals surface area contributed by atoms with E-state index in [9.17, 15) is 4.79 Å². The van der Waals surface area contributed by atoms with Crippen LogP contribution < -0.4 is 19.5 Å². The first-order valence-corrected chi connectivity index (χ1v) is 7.91. The third-order valence-corrected chi connectivity index (χ3v) is 3.49. The predicted molar refractivity (Wildman–Crippen MR) is 88.6 cm³/mol. The molecule has 1 aliphatic heterocycles. The molecule has 1 aliphatic rings. The highest BCUT2D eigenvalue weighted by molar-refractivity contribution is 5.93. The molecule has 3 rings (SSSR count). The van der Waals surface area contributed by atoms with Gasteiger partial charge in [-0.25, -0.2) is 4.98 Å². The van der Waals surface area contributed by atoms with E-state index < -0.39 is 0 Å². The Bertz CT molecular complexity index is 713. The molecule has 0 atom stereocenters. The van der Waals surface area contributed by atoms with E-state index in [-0.39, 0.29) is 18.8 Å². The number of nitrogens with one attached hydrogen (secondary N) is 1. The molecule has 2 aromatic rings.